The highest BCUT2D eigenvalue weighted by molar-refractivity contribution is 5.00. The van der Waals surface area contributed by atoms with E-state index in [9.17, 15) is 0 Å². The third-order valence-electron chi connectivity index (χ3n) is 4.62. The second-order valence-electron chi connectivity index (χ2n) is 5.24. The van der Waals surface area contributed by atoms with E-state index in [0.29, 0.717) is 0 Å². The average Bonchev–Trinajstić information content (AvgIpc) is 2.53. The van der Waals surface area contributed by atoms with Gasteiger partial charge in [0.2, 0.25) is 0 Å². The highest BCUT2D eigenvalue weighted by Crippen LogP contribution is 2.59. The maximum absolute atomic E-state index is 2.46. The Kier molecular flexibility index (Phi) is 1.20. The number of hydrogen-bond acceptors (Lipinski definition) is 0. The van der Waals surface area contributed by atoms with Crippen LogP contribution in [0.3, 0.4) is 0 Å². The molecule has 0 heteroatoms. The van der Waals surface area contributed by atoms with Gasteiger partial charge in [0.15, 0.2) is 0 Å². The van der Waals surface area contributed by atoms with Crippen LogP contribution in [0.5, 0.6) is 0 Å². The lowest BCUT2D eigenvalue weighted by Crippen LogP contribution is -2.15. The second kappa shape index (κ2) is 2.02. The lowest BCUT2D eigenvalue weighted by atomic mass is 9.82. The number of fused-ring (bicyclic) bond motifs is 5. The molecule has 11 heavy (non-hydrogen) atoms. The lowest BCUT2D eigenvalue weighted by molar-refractivity contribution is 0.259. The van der Waals surface area contributed by atoms with Gasteiger partial charge in [-0.3, -0.25) is 0 Å². The molecule has 3 rings (SSSR count). The molecule has 3 aliphatic rings. The normalized spacial score (nSPS) is 60.3. The first-order valence-electron chi connectivity index (χ1n) is 5.34. The SMILES string of the molecule is CC1C[C@@H]2[C@H]3CC[C@H](C3)[C@@H]2C1. The fourth-order valence-electron chi connectivity index (χ4n) is 4.29. The molecule has 0 nitrogen and oxygen atoms in total. The van der Waals surface area contributed by atoms with Crippen molar-refractivity contribution >= 4 is 0 Å². The van der Waals surface area contributed by atoms with Gasteiger partial charge in [0, 0.05) is 0 Å². The summed E-state index contributed by atoms with van der Waals surface area (Å²) in [5.74, 6) is 5.78. The standard InChI is InChI=1S/C11H18/c1-7-4-10-8-2-3-9(6-8)11(10)5-7/h7-11H,2-6H2,1H3/t7?,8-,9+,10+,11-. The van der Waals surface area contributed by atoms with Gasteiger partial charge in [0.25, 0.3) is 0 Å². The van der Waals surface area contributed by atoms with Gasteiger partial charge < -0.3 is 0 Å². The molecule has 0 spiro atoms. The summed E-state index contributed by atoms with van der Waals surface area (Å²) >= 11 is 0. The molecule has 3 saturated carbocycles. The Labute approximate surface area is 69.4 Å². The van der Waals surface area contributed by atoms with Crippen LogP contribution in [-0.4, -0.2) is 0 Å². The molecule has 1 unspecified atom stereocenters. The van der Waals surface area contributed by atoms with Gasteiger partial charge in [-0.25, -0.2) is 0 Å². The Morgan fingerprint density at radius 1 is 0.818 bits per heavy atom. The summed E-state index contributed by atoms with van der Waals surface area (Å²) in [6.45, 7) is 2.46. The fourth-order valence-corrected chi connectivity index (χ4v) is 4.29. The second-order valence-corrected chi connectivity index (χ2v) is 5.24. The van der Waals surface area contributed by atoms with Gasteiger partial charge in [0.05, 0.1) is 0 Å². The molecule has 3 aliphatic carbocycles. The summed E-state index contributed by atoms with van der Waals surface area (Å²) in [7, 11) is 0. The molecule has 0 aliphatic heterocycles. The molecule has 2 bridgehead atoms. The van der Waals surface area contributed by atoms with Crippen molar-refractivity contribution in [2.75, 3.05) is 0 Å². The third kappa shape index (κ3) is 0.761. The van der Waals surface area contributed by atoms with E-state index >= 15 is 0 Å². The minimum Gasteiger partial charge on any atom is -0.0625 e. The molecule has 0 radical (unpaired) electrons. The molecule has 0 aromatic heterocycles. The van der Waals surface area contributed by atoms with Crippen LogP contribution in [-0.2, 0) is 0 Å². The van der Waals surface area contributed by atoms with E-state index in [1.165, 1.54) is 23.7 Å². The minimum absolute atomic E-state index is 1.06. The van der Waals surface area contributed by atoms with E-state index in [-0.39, 0.29) is 0 Å². The Hall–Kier alpha value is 0. The van der Waals surface area contributed by atoms with Crippen molar-refractivity contribution in [3.8, 4) is 0 Å². The van der Waals surface area contributed by atoms with Crippen molar-refractivity contribution in [3.63, 3.8) is 0 Å². The summed E-state index contributed by atoms with van der Waals surface area (Å²) in [6.07, 6.45) is 7.93. The Balaban J connectivity index is 1.87. The monoisotopic (exact) mass is 150 g/mol. The van der Waals surface area contributed by atoms with Crippen LogP contribution < -0.4 is 0 Å². The zero-order valence-corrected chi connectivity index (χ0v) is 7.42. The summed E-state index contributed by atoms with van der Waals surface area (Å²) < 4.78 is 0. The van der Waals surface area contributed by atoms with E-state index in [0.717, 1.165) is 5.92 Å². The summed E-state index contributed by atoms with van der Waals surface area (Å²) in [6, 6.07) is 0. The quantitative estimate of drug-likeness (QED) is 0.498. The summed E-state index contributed by atoms with van der Waals surface area (Å²) in [5.41, 5.74) is 0. The van der Waals surface area contributed by atoms with Gasteiger partial charge in [-0.15, -0.1) is 0 Å². The minimum atomic E-state index is 1.06. The van der Waals surface area contributed by atoms with Crippen LogP contribution in [0.15, 0.2) is 0 Å². The highest BCUT2D eigenvalue weighted by Gasteiger charge is 2.50. The van der Waals surface area contributed by atoms with Crippen LogP contribution in [0.25, 0.3) is 0 Å². The van der Waals surface area contributed by atoms with Gasteiger partial charge in [-0.05, 0) is 61.7 Å². The predicted molar refractivity (Wildman–Crippen MR) is 46.2 cm³/mol. The van der Waals surface area contributed by atoms with E-state index in [2.05, 4.69) is 6.92 Å². The summed E-state index contributed by atoms with van der Waals surface area (Å²) in [5, 5.41) is 0. The van der Waals surface area contributed by atoms with Crippen molar-refractivity contribution in [1.82, 2.24) is 0 Å². The Morgan fingerprint density at radius 2 is 1.36 bits per heavy atom. The number of hydrogen-bond donors (Lipinski definition) is 0. The van der Waals surface area contributed by atoms with Crippen LogP contribution in [0.1, 0.15) is 39.0 Å². The fraction of sp³-hybridized carbons (Fsp3) is 1.00. The van der Waals surface area contributed by atoms with Crippen LogP contribution in [0.2, 0.25) is 0 Å². The van der Waals surface area contributed by atoms with Gasteiger partial charge in [-0.1, -0.05) is 6.92 Å². The van der Waals surface area contributed by atoms with E-state index in [1.807, 2.05) is 0 Å². The van der Waals surface area contributed by atoms with Crippen LogP contribution in [0, 0.1) is 29.6 Å². The first-order chi connectivity index (χ1) is 5.34. The van der Waals surface area contributed by atoms with Crippen molar-refractivity contribution in [2.45, 2.75) is 39.0 Å². The van der Waals surface area contributed by atoms with Crippen molar-refractivity contribution < 1.29 is 0 Å². The first-order valence-corrected chi connectivity index (χ1v) is 5.34. The van der Waals surface area contributed by atoms with Gasteiger partial charge in [0.1, 0.15) is 0 Å². The molecular formula is C11H18. The average molecular weight is 150 g/mol. The van der Waals surface area contributed by atoms with Crippen molar-refractivity contribution in [1.29, 1.82) is 0 Å². The molecule has 0 aromatic rings. The first kappa shape index (κ1) is 6.51. The third-order valence-corrected chi connectivity index (χ3v) is 4.62. The Morgan fingerprint density at radius 3 is 1.91 bits per heavy atom. The molecule has 3 fully saturated rings. The zero-order valence-electron chi connectivity index (χ0n) is 7.42. The maximum Gasteiger partial charge on any atom is -0.0352 e. The van der Waals surface area contributed by atoms with Crippen LogP contribution in [0.4, 0.5) is 0 Å². The van der Waals surface area contributed by atoms with Gasteiger partial charge >= 0.3 is 0 Å². The Bertz CT molecular complexity index is 155. The largest absolute Gasteiger partial charge is 0.0625 e. The zero-order chi connectivity index (χ0) is 7.42. The molecule has 5 atom stereocenters. The van der Waals surface area contributed by atoms with Gasteiger partial charge in [-0.2, -0.15) is 0 Å². The lowest BCUT2D eigenvalue weighted by Gasteiger charge is -2.23. The topological polar surface area (TPSA) is 0 Å². The molecule has 0 amide bonds. The molecule has 0 heterocycles. The molecule has 0 aromatic carbocycles. The molecule has 62 valence electrons. The molecular weight excluding hydrogens is 132 g/mol. The summed E-state index contributed by atoms with van der Waals surface area (Å²) in [4.78, 5) is 0. The maximum atomic E-state index is 2.46. The van der Waals surface area contributed by atoms with Crippen molar-refractivity contribution in [2.24, 2.45) is 29.6 Å². The van der Waals surface area contributed by atoms with Crippen molar-refractivity contribution in [3.05, 3.63) is 0 Å². The smallest absolute Gasteiger partial charge is 0.0352 e. The van der Waals surface area contributed by atoms with E-state index in [1.54, 1.807) is 32.1 Å². The number of rotatable bonds is 0. The van der Waals surface area contributed by atoms with E-state index in [4.69, 9.17) is 0 Å². The highest BCUT2D eigenvalue weighted by atomic mass is 14.6. The predicted octanol–water partition coefficient (Wildman–Crippen LogP) is 3.08. The molecule has 0 N–H and O–H groups in total. The van der Waals surface area contributed by atoms with Crippen LogP contribution >= 0.6 is 0 Å². The molecule has 0 saturated heterocycles. The van der Waals surface area contributed by atoms with E-state index < -0.39 is 0 Å².